The molecule has 3 aromatic heterocycles. The lowest BCUT2D eigenvalue weighted by molar-refractivity contribution is -0.944. The molecule has 0 bridgehead atoms. The second kappa shape index (κ2) is 11.5. The van der Waals surface area contributed by atoms with Crippen LogP contribution in [0.3, 0.4) is 0 Å². The van der Waals surface area contributed by atoms with Gasteiger partial charge in [0.25, 0.3) is 0 Å². The van der Waals surface area contributed by atoms with Crippen LogP contribution in [0.1, 0.15) is 48.6 Å². The Morgan fingerprint density at radius 3 is 2.14 bits per heavy atom. The quantitative estimate of drug-likeness (QED) is 0.130. The molecule has 278 valence electrons. The summed E-state index contributed by atoms with van der Waals surface area (Å²) in [6.45, 7) is 18.9. The van der Waals surface area contributed by atoms with Gasteiger partial charge in [0, 0.05) is 22.0 Å². The van der Waals surface area contributed by atoms with Crippen LogP contribution in [-0.2, 0) is 11.1 Å². The van der Waals surface area contributed by atoms with Crippen LogP contribution in [0.25, 0.3) is 72.4 Å². The number of fused-ring (bicyclic) bond motifs is 16. The molecular weight excluding hydrogens is 711 g/mol. The summed E-state index contributed by atoms with van der Waals surface area (Å²) >= 11 is 0. The zero-order valence-electron chi connectivity index (χ0n) is 34.0. The van der Waals surface area contributed by atoms with Gasteiger partial charge in [-0.15, -0.1) is 9.13 Å². The van der Waals surface area contributed by atoms with E-state index in [9.17, 15) is 0 Å². The topological polar surface area (TPSA) is 25.8 Å². The average Bonchev–Trinajstić information content (AvgIpc) is 3.90. The van der Waals surface area contributed by atoms with Gasteiger partial charge in [-0.2, -0.15) is 4.57 Å². The number of hydrogen-bond donors (Lipinski definition) is 0. The fraction of sp³-hybridized carbons (Fsp3) is 0.192. The van der Waals surface area contributed by atoms with E-state index in [1.165, 1.54) is 72.1 Å². The molecular formula is C52H47N3OSi+2. The minimum Gasteiger partial charge on any atom is -0.455 e. The molecule has 1 unspecified atom stereocenters. The lowest BCUT2D eigenvalue weighted by Crippen LogP contribution is -2.72. The summed E-state index contributed by atoms with van der Waals surface area (Å²) < 4.78 is 15.0. The fourth-order valence-electron chi connectivity index (χ4n) is 10.1. The first-order chi connectivity index (χ1) is 27.4. The van der Waals surface area contributed by atoms with E-state index in [2.05, 4.69) is 208 Å². The lowest BCUT2D eigenvalue weighted by Gasteiger charge is -2.24. The Labute approximate surface area is 335 Å². The van der Waals surface area contributed by atoms with Crippen LogP contribution in [0.5, 0.6) is 0 Å². The van der Waals surface area contributed by atoms with E-state index in [4.69, 9.17) is 4.42 Å². The highest BCUT2D eigenvalue weighted by atomic mass is 28.3. The second-order valence-corrected chi connectivity index (χ2v) is 23.5. The molecule has 0 amide bonds. The predicted molar refractivity (Wildman–Crippen MR) is 236 cm³/mol. The summed E-state index contributed by atoms with van der Waals surface area (Å²) in [4.78, 5) is 0. The SMILES string of the molecule is Cc1cc(-c2ccccc2)cc(C)c1-n1c2[n+](c3ccccc31)C1(c3cc(C(C)(C)C)ccc3-c3ccc([Si](C)(C)C)c[n+]31)c1ccc3c(oc4ccccc43)c1-2. The van der Waals surface area contributed by atoms with E-state index >= 15 is 0 Å². The number of para-hydroxylation sites is 3. The number of aryl methyl sites for hydroxylation is 2. The van der Waals surface area contributed by atoms with Crippen LogP contribution in [0.15, 0.2) is 144 Å². The van der Waals surface area contributed by atoms with Crippen LogP contribution < -0.4 is 14.3 Å². The van der Waals surface area contributed by atoms with Gasteiger partial charge in [-0.25, -0.2) is 0 Å². The number of nitrogens with zero attached hydrogens (tertiary/aromatic N) is 3. The molecule has 0 N–H and O–H groups in total. The Hall–Kier alpha value is -6.04. The van der Waals surface area contributed by atoms with Gasteiger partial charge in [0.1, 0.15) is 16.8 Å². The highest BCUT2D eigenvalue weighted by molar-refractivity contribution is 6.88. The molecule has 0 aliphatic carbocycles. The third kappa shape index (κ3) is 4.55. The number of imidazole rings is 1. The van der Waals surface area contributed by atoms with Gasteiger partial charge in [0.05, 0.1) is 24.8 Å². The van der Waals surface area contributed by atoms with Crippen molar-refractivity contribution in [1.82, 2.24) is 4.57 Å². The van der Waals surface area contributed by atoms with E-state index in [0.29, 0.717) is 0 Å². The van der Waals surface area contributed by atoms with Gasteiger partial charge in [-0.1, -0.05) is 113 Å². The summed E-state index contributed by atoms with van der Waals surface area (Å²) in [5, 5.41) is 3.71. The second-order valence-electron chi connectivity index (χ2n) is 18.4. The summed E-state index contributed by atoms with van der Waals surface area (Å²) in [5.41, 5.74) is 17.1. The standard InChI is InChI=1S/C52H47N3OSi/c1-32-28-35(34-16-10-9-11-17-34)29-33(2)48(32)54-44-19-13-14-20-45(44)55-50(54)47-41(26-25-39-38-18-12-15-21-46(38)56-49(39)47)52(55)42-30-36(51(3,4)5)22-24-40(42)43-27-23-37(31-53(43)52)57(6,7)8/h9-31H,1-8H3/q+2. The molecule has 4 nitrogen and oxygen atoms in total. The molecule has 6 aromatic carbocycles. The van der Waals surface area contributed by atoms with Gasteiger partial charge in [0.15, 0.2) is 22.8 Å². The van der Waals surface area contributed by atoms with Gasteiger partial charge in [-0.05, 0) is 102 Å². The van der Waals surface area contributed by atoms with Crippen LogP contribution in [-0.4, -0.2) is 12.6 Å². The van der Waals surface area contributed by atoms with Crippen molar-refractivity contribution in [2.24, 2.45) is 0 Å². The Morgan fingerprint density at radius 1 is 0.667 bits per heavy atom. The van der Waals surface area contributed by atoms with E-state index < -0.39 is 13.7 Å². The summed E-state index contributed by atoms with van der Waals surface area (Å²) in [5.74, 6) is 1.14. The minimum absolute atomic E-state index is 0.0422. The minimum atomic E-state index is -1.74. The molecule has 2 aliphatic heterocycles. The number of aromatic nitrogens is 3. The van der Waals surface area contributed by atoms with Crippen LogP contribution >= 0.6 is 0 Å². The van der Waals surface area contributed by atoms with Crippen molar-refractivity contribution < 1.29 is 13.6 Å². The van der Waals surface area contributed by atoms with Crippen LogP contribution in [0, 0.1) is 13.8 Å². The lowest BCUT2D eigenvalue weighted by atomic mass is 9.82. The Morgan fingerprint density at radius 2 is 1.39 bits per heavy atom. The largest absolute Gasteiger partial charge is 0.455 e. The highest BCUT2D eigenvalue weighted by Crippen LogP contribution is 2.53. The van der Waals surface area contributed by atoms with Crippen molar-refractivity contribution in [3.8, 4) is 39.5 Å². The van der Waals surface area contributed by atoms with Crippen molar-refractivity contribution in [3.63, 3.8) is 0 Å². The molecule has 5 heterocycles. The third-order valence-electron chi connectivity index (χ3n) is 12.8. The number of furan rings is 1. The molecule has 11 rings (SSSR count). The summed E-state index contributed by atoms with van der Waals surface area (Å²) in [6.07, 6.45) is 2.50. The van der Waals surface area contributed by atoms with Gasteiger partial charge in [-0.3, -0.25) is 0 Å². The maximum atomic E-state index is 7.08. The smallest absolute Gasteiger partial charge is 0.364 e. The number of rotatable bonds is 3. The molecule has 1 atom stereocenters. The molecule has 1 spiro atoms. The number of hydrogen-bond acceptors (Lipinski definition) is 1. The number of benzene rings is 6. The van der Waals surface area contributed by atoms with Gasteiger partial charge in [0.2, 0.25) is 5.69 Å². The molecule has 5 heteroatoms. The molecule has 9 aromatic rings. The van der Waals surface area contributed by atoms with E-state index in [0.717, 1.165) is 33.3 Å². The maximum absolute atomic E-state index is 7.08. The normalized spacial score (nSPS) is 15.8. The van der Waals surface area contributed by atoms with Crippen molar-refractivity contribution in [3.05, 3.63) is 167 Å². The molecule has 57 heavy (non-hydrogen) atoms. The van der Waals surface area contributed by atoms with Crippen molar-refractivity contribution in [1.29, 1.82) is 0 Å². The van der Waals surface area contributed by atoms with Crippen molar-refractivity contribution in [2.45, 2.75) is 65.3 Å². The first kappa shape index (κ1) is 34.2. The zero-order valence-corrected chi connectivity index (χ0v) is 35.0. The first-order valence-corrected chi connectivity index (χ1v) is 23.8. The predicted octanol–water partition coefficient (Wildman–Crippen LogP) is 11.5. The number of pyridine rings is 1. The average molecular weight is 758 g/mol. The van der Waals surface area contributed by atoms with Crippen LogP contribution in [0.2, 0.25) is 19.6 Å². The third-order valence-corrected chi connectivity index (χ3v) is 14.8. The Balaban J connectivity index is 1.36. The van der Waals surface area contributed by atoms with Gasteiger partial charge < -0.3 is 4.42 Å². The van der Waals surface area contributed by atoms with E-state index in [1.807, 2.05) is 0 Å². The molecule has 0 saturated carbocycles. The monoisotopic (exact) mass is 757 g/mol. The Kier molecular flexibility index (Phi) is 6.92. The fourth-order valence-corrected chi connectivity index (χ4v) is 11.2. The summed E-state index contributed by atoms with van der Waals surface area (Å²) in [7, 11) is -1.74. The van der Waals surface area contributed by atoms with E-state index in [1.54, 1.807) is 0 Å². The molecule has 2 aliphatic rings. The zero-order chi connectivity index (χ0) is 39.2. The van der Waals surface area contributed by atoms with E-state index in [-0.39, 0.29) is 5.41 Å². The van der Waals surface area contributed by atoms with Gasteiger partial charge >= 0.3 is 11.5 Å². The summed E-state index contributed by atoms with van der Waals surface area (Å²) in [6, 6.07) is 49.8. The first-order valence-electron chi connectivity index (χ1n) is 20.3. The van der Waals surface area contributed by atoms with Crippen LogP contribution in [0.4, 0.5) is 0 Å². The maximum Gasteiger partial charge on any atom is 0.364 e. The highest BCUT2D eigenvalue weighted by Gasteiger charge is 2.67. The molecule has 0 fully saturated rings. The van der Waals surface area contributed by atoms with Crippen molar-refractivity contribution >= 4 is 46.2 Å². The van der Waals surface area contributed by atoms with Crippen molar-refractivity contribution in [2.75, 3.05) is 0 Å². The molecule has 0 saturated heterocycles. The molecule has 0 radical (unpaired) electrons. The Bertz CT molecular complexity index is 3080.